The second kappa shape index (κ2) is 5.13. The molecule has 1 aromatic heterocycles. The first-order valence-electron chi connectivity index (χ1n) is 5.31. The van der Waals surface area contributed by atoms with Crippen molar-refractivity contribution in [1.82, 2.24) is 9.55 Å². The van der Waals surface area contributed by atoms with E-state index in [1.807, 2.05) is 29.0 Å². The minimum Gasteiger partial charge on any atom is -0.321 e. The molecule has 16 heavy (non-hydrogen) atoms. The molecule has 0 aliphatic carbocycles. The Morgan fingerprint density at radius 3 is 2.75 bits per heavy atom. The summed E-state index contributed by atoms with van der Waals surface area (Å²) < 4.78 is 1.89. The fourth-order valence-corrected chi connectivity index (χ4v) is 1.69. The average molecular weight is 211 g/mol. The predicted molar refractivity (Wildman–Crippen MR) is 61.7 cm³/mol. The van der Waals surface area contributed by atoms with E-state index in [4.69, 9.17) is 5.26 Å². The largest absolute Gasteiger partial charge is 0.321 e. The Morgan fingerprint density at radius 1 is 1.19 bits per heavy atom. The maximum absolute atomic E-state index is 8.65. The van der Waals surface area contributed by atoms with Gasteiger partial charge in [-0.1, -0.05) is 30.3 Å². The molecule has 3 nitrogen and oxygen atoms in total. The van der Waals surface area contributed by atoms with Crippen molar-refractivity contribution in [3.8, 4) is 6.07 Å². The summed E-state index contributed by atoms with van der Waals surface area (Å²) in [6, 6.07) is 12.4. The van der Waals surface area contributed by atoms with Gasteiger partial charge in [-0.3, -0.25) is 0 Å². The fraction of sp³-hybridized carbons (Fsp3) is 0.231. The molecular formula is C13H13N3. The lowest BCUT2D eigenvalue weighted by Gasteiger charge is -2.03. The Kier molecular flexibility index (Phi) is 3.35. The van der Waals surface area contributed by atoms with Gasteiger partial charge in [0.05, 0.1) is 6.07 Å². The molecular weight excluding hydrogens is 198 g/mol. The number of hydrogen-bond acceptors (Lipinski definition) is 2. The molecule has 80 valence electrons. The first-order valence-corrected chi connectivity index (χ1v) is 5.31. The van der Waals surface area contributed by atoms with Gasteiger partial charge in [0.15, 0.2) is 0 Å². The lowest BCUT2D eigenvalue weighted by atomic mass is 10.1. The molecule has 0 spiro atoms. The highest BCUT2D eigenvalue weighted by molar-refractivity contribution is 5.15. The minimum absolute atomic E-state index is 0.379. The number of nitriles is 1. The van der Waals surface area contributed by atoms with E-state index in [2.05, 4.69) is 23.2 Å². The molecule has 0 aliphatic heterocycles. The molecule has 0 atom stereocenters. The number of nitrogens with zero attached hydrogens (tertiary/aromatic N) is 3. The summed E-state index contributed by atoms with van der Waals surface area (Å²) >= 11 is 0. The number of aromatic nitrogens is 2. The zero-order chi connectivity index (χ0) is 11.2. The second-order valence-electron chi connectivity index (χ2n) is 3.62. The van der Waals surface area contributed by atoms with Gasteiger partial charge < -0.3 is 4.57 Å². The second-order valence-corrected chi connectivity index (χ2v) is 3.62. The molecule has 0 saturated carbocycles. The van der Waals surface area contributed by atoms with Gasteiger partial charge in [0, 0.05) is 18.8 Å². The molecule has 0 N–H and O–H groups in total. The zero-order valence-electron chi connectivity index (χ0n) is 9.00. The van der Waals surface area contributed by atoms with Crippen LogP contribution in [0.1, 0.15) is 11.4 Å². The van der Waals surface area contributed by atoms with Crippen LogP contribution in [-0.2, 0) is 19.4 Å². The molecule has 0 saturated heterocycles. The van der Waals surface area contributed by atoms with Gasteiger partial charge in [-0.25, -0.2) is 4.98 Å². The van der Waals surface area contributed by atoms with Crippen molar-refractivity contribution in [3.63, 3.8) is 0 Å². The molecule has 0 unspecified atom stereocenters. The standard InChI is InChI=1S/C13H13N3/c14-8-10-16-11-9-15-13(16)7-6-12-4-2-1-3-5-12/h1-5,9,11H,6-7,10H2. The van der Waals surface area contributed by atoms with E-state index >= 15 is 0 Å². The van der Waals surface area contributed by atoms with Gasteiger partial charge in [-0.05, 0) is 12.0 Å². The lowest BCUT2D eigenvalue weighted by molar-refractivity contribution is 0.731. The van der Waals surface area contributed by atoms with Gasteiger partial charge in [0.25, 0.3) is 0 Å². The van der Waals surface area contributed by atoms with E-state index in [0.717, 1.165) is 18.7 Å². The van der Waals surface area contributed by atoms with E-state index in [1.54, 1.807) is 6.20 Å². The van der Waals surface area contributed by atoms with E-state index < -0.39 is 0 Å². The molecule has 0 radical (unpaired) electrons. The molecule has 0 bridgehead atoms. The van der Waals surface area contributed by atoms with Crippen molar-refractivity contribution in [2.75, 3.05) is 0 Å². The van der Waals surface area contributed by atoms with Crippen LogP contribution in [-0.4, -0.2) is 9.55 Å². The van der Waals surface area contributed by atoms with Crippen LogP contribution in [0.2, 0.25) is 0 Å². The minimum atomic E-state index is 0.379. The van der Waals surface area contributed by atoms with Crippen molar-refractivity contribution in [1.29, 1.82) is 5.26 Å². The number of benzene rings is 1. The molecule has 3 heteroatoms. The average Bonchev–Trinajstić information content (AvgIpc) is 2.76. The number of rotatable bonds is 4. The van der Waals surface area contributed by atoms with Crippen LogP contribution in [0.25, 0.3) is 0 Å². The first kappa shape index (κ1) is 10.4. The highest BCUT2D eigenvalue weighted by Crippen LogP contribution is 2.05. The molecule has 1 heterocycles. The molecule has 0 fully saturated rings. The summed E-state index contributed by atoms with van der Waals surface area (Å²) in [4.78, 5) is 4.26. The topological polar surface area (TPSA) is 41.6 Å². The quantitative estimate of drug-likeness (QED) is 0.777. The predicted octanol–water partition coefficient (Wildman–Crippen LogP) is 2.19. The summed E-state index contributed by atoms with van der Waals surface area (Å²) in [6.45, 7) is 0.379. The lowest BCUT2D eigenvalue weighted by Crippen LogP contribution is -2.03. The maximum atomic E-state index is 8.65. The van der Waals surface area contributed by atoms with Gasteiger partial charge >= 0.3 is 0 Å². The van der Waals surface area contributed by atoms with E-state index in [1.165, 1.54) is 5.56 Å². The molecule has 0 aliphatic rings. The van der Waals surface area contributed by atoms with Crippen molar-refractivity contribution in [2.45, 2.75) is 19.4 Å². The van der Waals surface area contributed by atoms with Crippen LogP contribution in [0.3, 0.4) is 0 Å². The Labute approximate surface area is 95.0 Å². The maximum Gasteiger partial charge on any atom is 0.111 e. The van der Waals surface area contributed by atoms with E-state index in [0.29, 0.717) is 6.54 Å². The number of hydrogen-bond donors (Lipinski definition) is 0. The van der Waals surface area contributed by atoms with E-state index in [-0.39, 0.29) is 0 Å². The normalized spacial score (nSPS) is 9.94. The highest BCUT2D eigenvalue weighted by atomic mass is 15.1. The van der Waals surface area contributed by atoms with Crippen molar-refractivity contribution >= 4 is 0 Å². The summed E-state index contributed by atoms with van der Waals surface area (Å²) in [5, 5.41) is 8.65. The Hall–Kier alpha value is -2.08. The van der Waals surface area contributed by atoms with Crippen LogP contribution in [0.15, 0.2) is 42.7 Å². The summed E-state index contributed by atoms with van der Waals surface area (Å²) in [7, 11) is 0. The van der Waals surface area contributed by atoms with Crippen molar-refractivity contribution in [3.05, 3.63) is 54.1 Å². The smallest absolute Gasteiger partial charge is 0.111 e. The third-order valence-corrected chi connectivity index (χ3v) is 2.52. The monoisotopic (exact) mass is 211 g/mol. The van der Waals surface area contributed by atoms with E-state index in [9.17, 15) is 0 Å². The molecule has 2 rings (SSSR count). The Morgan fingerprint density at radius 2 is 2.00 bits per heavy atom. The zero-order valence-corrected chi connectivity index (χ0v) is 9.00. The highest BCUT2D eigenvalue weighted by Gasteiger charge is 2.02. The fourth-order valence-electron chi connectivity index (χ4n) is 1.69. The SMILES string of the molecule is N#CCn1ccnc1CCc1ccccc1. The first-order chi connectivity index (χ1) is 7.90. The number of aryl methyl sites for hydroxylation is 2. The Bertz CT molecular complexity index is 479. The van der Waals surface area contributed by atoms with Gasteiger partial charge in [0.2, 0.25) is 0 Å². The van der Waals surface area contributed by atoms with Crippen LogP contribution in [0.5, 0.6) is 0 Å². The van der Waals surface area contributed by atoms with Crippen LogP contribution in [0, 0.1) is 11.3 Å². The van der Waals surface area contributed by atoms with Gasteiger partial charge in [0.1, 0.15) is 12.4 Å². The number of imidazole rings is 1. The third-order valence-electron chi connectivity index (χ3n) is 2.52. The summed E-state index contributed by atoms with van der Waals surface area (Å²) in [5.41, 5.74) is 1.30. The Balaban J connectivity index is 2.00. The van der Waals surface area contributed by atoms with Crippen molar-refractivity contribution in [2.24, 2.45) is 0 Å². The summed E-state index contributed by atoms with van der Waals surface area (Å²) in [5.74, 6) is 0.977. The molecule has 0 amide bonds. The molecule has 2 aromatic rings. The van der Waals surface area contributed by atoms with Crippen molar-refractivity contribution < 1.29 is 0 Å². The molecule has 1 aromatic carbocycles. The summed E-state index contributed by atoms with van der Waals surface area (Å²) in [6.07, 6.45) is 5.43. The van der Waals surface area contributed by atoms with Crippen LogP contribution >= 0.6 is 0 Å². The van der Waals surface area contributed by atoms with Crippen LogP contribution < -0.4 is 0 Å². The van der Waals surface area contributed by atoms with Gasteiger partial charge in [-0.2, -0.15) is 5.26 Å². The third kappa shape index (κ3) is 2.48. The van der Waals surface area contributed by atoms with Gasteiger partial charge in [-0.15, -0.1) is 0 Å². The van der Waals surface area contributed by atoms with Crippen LogP contribution in [0.4, 0.5) is 0 Å².